The Morgan fingerprint density at radius 2 is 1.12 bits per heavy atom. The molecule has 8 aromatic rings. The standard InChI is InChI=1S/C46H33N3/c1-46(2)38-22-9-12-26-43(38)48(34-17-5-4-6-18-34)44-30-32(27-28-39(44)46)31-15-13-16-33(29-31)35-21-14-23-40(47-3)45(35)49-41-24-10-7-19-36(41)37-20-8-11-25-42(37)49/h4-30H,1-2H3. The summed E-state index contributed by atoms with van der Waals surface area (Å²) in [6, 6.07) is 58.2. The van der Waals surface area contributed by atoms with Gasteiger partial charge in [0.15, 0.2) is 0 Å². The van der Waals surface area contributed by atoms with E-state index < -0.39 is 0 Å². The quantitative estimate of drug-likeness (QED) is 0.177. The number of nitrogens with zero attached hydrogens (tertiary/aromatic N) is 3. The number of anilines is 3. The first-order chi connectivity index (χ1) is 24.0. The van der Waals surface area contributed by atoms with Crippen LogP contribution in [0.1, 0.15) is 25.0 Å². The van der Waals surface area contributed by atoms with E-state index in [0.717, 1.165) is 44.7 Å². The molecule has 0 atom stereocenters. The van der Waals surface area contributed by atoms with Gasteiger partial charge >= 0.3 is 0 Å². The van der Waals surface area contributed by atoms with Crippen LogP contribution in [0.4, 0.5) is 22.7 Å². The molecule has 1 aliphatic rings. The van der Waals surface area contributed by atoms with Crippen LogP contribution in [0, 0.1) is 6.57 Å². The normalized spacial score (nSPS) is 13.2. The van der Waals surface area contributed by atoms with E-state index in [9.17, 15) is 0 Å². The van der Waals surface area contributed by atoms with Crippen LogP contribution in [0.15, 0.2) is 164 Å². The fourth-order valence-electron chi connectivity index (χ4n) is 7.87. The molecule has 0 amide bonds. The summed E-state index contributed by atoms with van der Waals surface area (Å²) in [5, 5.41) is 2.36. The Hall–Kier alpha value is -6.37. The first-order valence-electron chi connectivity index (χ1n) is 16.7. The fourth-order valence-corrected chi connectivity index (χ4v) is 7.87. The zero-order chi connectivity index (χ0) is 33.1. The minimum Gasteiger partial charge on any atom is -0.318 e. The van der Waals surface area contributed by atoms with E-state index in [1.165, 1.54) is 33.3 Å². The number of benzene rings is 7. The van der Waals surface area contributed by atoms with Crippen molar-refractivity contribution in [2.45, 2.75) is 19.3 Å². The summed E-state index contributed by atoms with van der Waals surface area (Å²) in [5.74, 6) is 0. The predicted molar refractivity (Wildman–Crippen MR) is 205 cm³/mol. The van der Waals surface area contributed by atoms with Gasteiger partial charge in [0, 0.05) is 21.9 Å². The highest BCUT2D eigenvalue weighted by atomic mass is 15.2. The van der Waals surface area contributed by atoms with Gasteiger partial charge in [0.1, 0.15) is 0 Å². The van der Waals surface area contributed by atoms with E-state index in [1.54, 1.807) is 0 Å². The Kier molecular flexibility index (Phi) is 6.54. The molecule has 3 heteroatoms. The van der Waals surface area contributed by atoms with Crippen LogP contribution in [-0.4, -0.2) is 4.57 Å². The summed E-state index contributed by atoms with van der Waals surface area (Å²) in [6.07, 6.45) is 0. The highest BCUT2D eigenvalue weighted by Gasteiger charge is 2.36. The molecule has 0 bridgehead atoms. The van der Waals surface area contributed by atoms with Crippen LogP contribution in [0.3, 0.4) is 0 Å². The van der Waals surface area contributed by atoms with Crippen molar-refractivity contribution in [1.29, 1.82) is 0 Å². The highest BCUT2D eigenvalue weighted by Crippen LogP contribution is 2.52. The van der Waals surface area contributed by atoms with E-state index >= 15 is 0 Å². The maximum absolute atomic E-state index is 8.21. The van der Waals surface area contributed by atoms with Gasteiger partial charge in [-0.3, -0.25) is 0 Å². The van der Waals surface area contributed by atoms with Gasteiger partial charge in [0.25, 0.3) is 0 Å². The lowest BCUT2D eigenvalue weighted by molar-refractivity contribution is 0.632. The molecule has 7 aromatic carbocycles. The van der Waals surface area contributed by atoms with Crippen molar-refractivity contribution in [2.24, 2.45) is 0 Å². The largest absolute Gasteiger partial charge is 0.318 e. The molecule has 0 fully saturated rings. The van der Waals surface area contributed by atoms with Crippen molar-refractivity contribution in [1.82, 2.24) is 4.57 Å². The first kappa shape index (κ1) is 28.8. The molecule has 0 unspecified atom stereocenters. The molecule has 232 valence electrons. The van der Waals surface area contributed by atoms with Crippen molar-refractivity contribution in [3.63, 3.8) is 0 Å². The lowest BCUT2D eigenvalue weighted by atomic mass is 9.73. The summed E-state index contributed by atoms with van der Waals surface area (Å²) >= 11 is 0. The summed E-state index contributed by atoms with van der Waals surface area (Å²) < 4.78 is 2.27. The summed E-state index contributed by atoms with van der Waals surface area (Å²) in [5.41, 5.74) is 14.1. The van der Waals surface area contributed by atoms with Crippen LogP contribution in [0.2, 0.25) is 0 Å². The minimum absolute atomic E-state index is 0.158. The van der Waals surface area contributed by atoms with Gasteiger partial charge in [0.05, 0.1) is 34.7 Å². The molecular weight excluding hydrogens is 595 g/mol. The zero-order valence-electron chi connectivity index (χ0n) is 27.4. The molecule has 2 heterocycles. The maximum Gasteiger partial charge on any atom is 0.211 e. The first-order valence-corrected chi connectivity index (χ1v) is 16.7. The van der Waals surface area contributed by atoms with Crippen molar-refractivity contribution in [3.8, 4) is 27.9 Å². The number of hydrogen-bond donors (Lipinski definition) is 0. The molecule has 1 aromatic heterocycles. The van der Waals surface area contributed by atoms with Crippen LogP contribution in [0.5, 0.6) is 0 Å². The van der Waals surface area contributed by atoms with Crippen molar-refractivity contribution < 1.29 is 0 Å². The van der Waals surface area contributed by atoms with Gasteiger partial charge in [-0.25, -0.2) is 4.85 Å². The van der Waals surface area contributed by atoms with E-state index in [2.05, 4.69) is 180 Å². The molecule has 0 aliphatic carbocycles. The van der Waals surface area contributed by atoms with Crippen molar-refractivity contribution in [2.75, 3.05) is 4.90 Å². The van der Waals surface area contributed by atoms with Gasteiger partial charge in [-0.15, -0.1) is 0 Å². The van der Waals surface area contributed by atoms with Crippen LogP contribution in [-0.2, 0) is 5.41 Å². The van der Waals surface area contributed by atoms with E-state index in [1.807, 2.05) is 12.1 Å². The highest BCUT2D eigenvalue weighted by molar-refractivity contribution is 6.10. The van der Waals surface area contributed by atoms with E-state index in [4.69, 9.17) is 6.57 Å². The van der Waals surface area contributed by atoms with Gasteiger partial charge in [-0.05, 0) is 75.8 Å². The molecule has 0 saturated carbocycles. The second-order valence-corrected chi connectivity index (χ2v) is 13.3. The number of para-hydroxylation sites is 5. The third-order valence-electron chi connectivity index (χ3n) is 10.2. The van der Waals surface area contributed by atoms with Crippen molar-refractivity contribution in [3.05, 3.63) is 186 Å². The molecule has 0 spiro atoms. The Morgan fingerprint density at radius 3 is 1.88 bits per heavy atom. The van der Waals surface area contributed by atoms with Crippen molar-refractivity contribution >= 4 is 44.6 Å². The zero-order valence-corrected chi connectivity index (χ0v) is 27.4. The Morgan fingerprint density at radius 1 is 0.510 bits per heavy atom. The Labute approximate surface area is 286 Å². The summed E-state index contributed by atoms with van der Waals surface area (Å²) in [4.78, 5) is 6.45. The molecule has 3 nitrogen and oxygen atoms in total. The maximum atomic E-state index is 8.21. The average molecular weight is 628 g/mol. The lowest BCUT2D eigenvalue weighted by Crippen LogP contribution is -2.30. The van der Waals surface area contributed by atoms with E-state index in [-0.39, 0.29) is 5.41 Å². The predicted octanol–water partition coefficient (Wildman–Crippen LogP) is 12.8. The minimum atomic E-state index is -0.158. The third kappa shape index (κ3) is 4.42. The SMILES string of the molecule is [C-]#[N+]c1cccc(-c2cccc(-c3ccc4c(c3)N(c3ccccc3)c3ccccc3C4(C)C)c2)c1-n1c2ccccc2c2ccccc21. The van der Waals surface area contributed by atoms with Crippen LogP contribution in [0.25, 0.3) is 54.6 Å². The second kappa shape index (κ2) is 11.1. The Bertz CT molecular complexity index is 2550. The summed E-state index contributed by atoms with van der Waals surface area (Å²) in [7, 11) is 0. The Balaban J connectivity index is 1.23. The van der Waals surface area contributed by atoms with Gasteiger partial charge in [0.2, 0.25) is 5.69 Å². The van der Waals surface area contributed by atoms with Crippen LogP contribution < -0.4 is 4.90 Å². The molecule has 0 saturated heterocycles. The molecule has 1 aliphatic heterocycles. The van der Waals surface area contributed by atoms with Crippen LogP contribution >= 0.6 is 0 Å². The second-order valence-electron chi connectivity index (χ2n) is 13.3. The average Bonchev–Trinajstić information content (AvgIpc) is 3.49. The smallest absolute Gasteiger partial charge is 0.211 e. The van der Waals surface area contributed by atoms with E-state index in [0.29, 0.717) is 5.69 Å². The summed E-state index contributed by atoms with van der Waals surface area (Å²) in [6.45, 7) is 12.9. The number of aromatic nitrogens is 1. The molecular formula is C46H33N3. The fraction of sp³-hybridized carbons (Fsp3) is 0.0652. The van der Waals surface area contributed by atoms with Gasteiger partial charge in [-0.2, -0.15) is 0 Å². The lowest BCUT2D eigenvalue weighted by Gasteiger charge is -2.42. The molecule has 0 radical (unpaired) electrons. The number of rotatable bonds is 4. The number of fused-ring (bicyclic) bond motifs is 5. The molecule has 0 N–H and O–H groups in total. The topological polar surface area (TPSA) is 12.5 Å². The monoisotopic (exact) mass is 627 g/mol. The third-order valence-corrected chi connectivity index (χ3v) is 10.2. The van der Waals surface area contributed by atoms with Gasteiger partial charge in [-0.1, -0.05) is 135 Å². The molecule has 9 rings (SSSR count). The van der Waals surface area contributed by atoms with Gasteiger partial charge < -0.3 is 9.47 Å². The number of hydrogen-bond acceptors (Lipinski definition) is 1. The molecule has 49 heavy (non-hydrogen) atoms.